The number of hydrogen-bond donors (Lipinski definition) is 1. The van der Waals surface area contributed by atoms with Crippen molar-refractivity contribution in [2.45, 2.75) is 65.2 Å². The SMILES string of the molecule is C[C@]12CC/C(=N\OCCN)C[C@@H]1C(=C(F)F)C[C@@H]1[C@@H]2CC[C@]2(C)C(=O)CC[C@@H]12.Cl. The first-order valence-corrected chi connectivity index (χ1v) is 10.8. The number of allylic oxidation sites excluding steroid dienone is 1. The van der Waals surface area contributed by atoms with Gasteiger partial charge in [-0.25, -0.2) is 0 Å². The molecule has 164 valence electrons. The fraction of sp³-hybridized carbons (Fsp3) is 0.818. The van der Waals surface area contributed by atoms with Crippen LogP contribution in [0.4, 0.5) is 8.78 Å². The maximum Gasteiger partial charge on any atom is 0.269 e. The van der Waals surface area contributed by atoms with E-state index in [9.17, 15) is 13.6 Å². The van der Waals surface area contributed by atoms with Crippen LogP contribution in [0.15, 0.2) is 16.8 Å². The lowest BCUT2D eigenvalue weighted by molar-refractivity contribution is -0.134. The van der Waals surface area contributed by atoms with E-state index >= 15 is 0 Å². The van der Waals surface area contributed by atoms with Crippen LogP contribution in [0.25, 0.3) is 0 Å². The lowest BCUT2D eigenvalue weighted by atomic mass is 9.44. The summed E-state index contributed by atoms with van der Waals surface area (Å²) in [4.78, 5) is 17.8. The largest absolute Gasteiger partial charge is 0.395 e. The fourth-order valence-electron chi connectivity index (χ4n) is 7.16. The molecule has 0 aromatic heterocycles. The maximum atomic E-state index is 14.1. The monoisotopic (exact) mass is 430 g/mol. The number of fused-ring (bicyclic) bond motifs is 5. The molecule has 4 aliphatic carbocycles. The highest BCUT2D eigenvalue weighted by molar-refractivity contribution is 5.87. The highest BCUT2D eigenvalue weighted by Crippen LogP contribution is 2.66. The van der Waals surface area contributed by atoms with Crippen LogP contribution in [0.3, 0.4) is 0 Å². The van der Waals surface area contributed by atoms with Gasteiger partial charge in [0.2, 0.25) is 0 Å². The number of carbonyl (C=O) groups excluding carboxylic acids is 1. The van der Waals surface area contributed by atoms with Gasteiger partial charge in [0.1, 0.15) is 12.4 Å². The lowest BCUT2D eigenvalue weighted by Crippen LogP contribution is -2.54. The first-order valence-electron chi connectivity index (χ1n) is 10.8. The van der Waals surface area contributed by atoms with Crippen molar-refractivity contribution < 1.29 is 18.4 Å². The Balaban J connectivity index is 0.00000240. The molecular formula is C22H33ClF2N2O2. The number of rotatable bonds is 3. The third-order valence-corrected chi connectivity index (χ3v) is 8.70. The fourth-order valence-corrected chi connectivity index (χ4v) is 7.16. The molecule has 4 fully saturated rings. The van der Waals surface area contributed by atoms with Crippen LogP contribution in [-0.2, 0) is 9.63 Å². The van der Waals surface area contributed by atoms with Crippen molar-refractivity contribution in [1.29, 1.82) is 0 Å². The molecule has 4 nitrogen and oxygen atoms in total. The van der Waals surface area contributed by atoms with Crippen LogP contribution in [0.1, 0.15) is 65.2 Å². The molecule has 0 aromatic carbocycles. The minimum atomic E-state index is -1.52. The molecule has 29 heavy (non-hydrogen) atoms. The van der Waals surface area contributed by atoms with Gasteiger partial charge >= 0.3 is 0 Å². The van der Waals surface area contributed by atoms with Gasteiger partial charge in [-0.2, -0.15) is 8.78 Å². The van der Waals surface area contributed by atoms with Crippen LogP contribution < -0.4 is 5.73 Å². The maximum absolute atomic E-state index is 14.1. The minimum absolute atomic E-state index is 0. The molecule has 0 saturated heterocycles. The smallest absolute Gasteiger partial charge is 0.269 e. The van der Waals surface area contributed by atoms with Crippen molar-refractivity contribution in [2.75, 3.05) is 13.2 Å². The topological polar surface area (TPSA) is 64.7 Å². The molecule has 2 N–H and O–H groups in total. The van der Waals surface area contributed by atoms with E-state index in [1.807, 2.05) is 0 Å². The summed E-state index contributed by atoms with van der Waals surface area (Å²) in [5.41, 5.74) is 6.20. The van der Waals surface area contributed by atoms with Crippen molar-refractivity contribution in [3.8, 4) is 0 Å². The number of carbonyl (C=O) groups is 1. The van der Waals surface area contributed by atoms with Crippen molar-refractivity contribution in [2.24, 2.45) is 45.4 Å². The second-order valence-corrected chi connectivity index (χ2v) is 9.83. The minimum Gasteiger partial charge on any atom is -0.395 e. The highest BCUT2D eigenvalue weighted by atomic mass is 35.5. The average Bonchev–Trinajstić information content (AvgIpc) is 2.96. The van der Waals surface area contributed by atoms with E-state index in [1.165, 1.54) is 0 Å². The number of hydrogen-bond acceptors (Lipinski definition) is 4. The van der Waals surface area contributed by atoms with Crippen molar-refractivity contribution in [3.63, 3.8) is 0 Å². The van der Waals surface area contributed by atoms with Gasteiger partial charge in [-0.15, -0.1) is 12.4 Å². The quantitative estimate of drug-likeness (QED) is 0.499. The van der Waals surface area contributed by atoms with E-state index in [-0.39, 0.29) is 41.0 Å². The Morgan fingerprint density at radius 3 is 2.62 bits per heavy atom. The molecule has 0 bridgehead atoms. The van der Waals surface area contributed by atoms with Crippen LogP contribution in [0.2, 0.25) is 0 Å². The van der Waals surface area contributed by atoms with Gasteiger partial charge in [0.05, 0.1) is 5.71 Å². The summed E-state index contributed by atoms with van der Waals surface area (Å²) in [5, 5.41) is 4.19. The van der Waals surface area contributed by atoms with E-state index in [2.05, 4.69) is 19.0 Å². The van der Waals surface area contributed by atoms with Crippen LogP contribution in [0, 0.1) is 34.5 Å². The van der Waals surface area contributed by atoms with Crippen LogP contribution >= 0.6 is 12.4 Å². The first-order chi connectivity index (χ1) is 13.3. The molecule has 0 spiro atoms. The van der Waals surface area contributed by atoms with Crippen molar-refractivity contribution in [1.82, 2.24) is 0 Å². The molecule has 4 saturated carbocycles. The number of nitrogens with zero attached hydrogens (tertiary/aromatic N) is 1. The number of nitrogens with two attached hydrogens (primary N) is 1. The summed E-state index contributed by atoms with van der Waals surface area (Å²) in [6.07, 6.45) is 4.52. The zero-order valence-corrected chi connectivity index (χ0v) is 18.2. The normalized spacial score (nSPS) is 42.6. The molecule has 0 radical (unpaired) electrons. The highest BCUT2D eigenvalue weighted by Gasteiger charge is 2.61. The second-order valence-electron chi connectivity index (χ2n) is 9.83. The molecule has 6 atom stereocenters. The van der Waals surface area contributed by atoms with Gasteiger partial charge in [0.25, 0.3) is 6.08 Å². The Labute approximate surface area is 178 Å². The predicted molar refractivity (Wildman–Crippen MR) is 111 cm³/mol. The standard InChI is InChI=1S/C22H32F2N2O2.ClH/c1-21-7-5-13(26-28-10-9-25)11-18(21)15(20(23)24)12-14-16-3-4-19(27)22(16,2)8-6-17(14)21;/h14,16-18H,3-12,25H2,1-2H3;1H/b26-13+;/t14-,16-,17-,18+,21+,22-;/m0./s1. The molecule has 0 amide bonds. The van der Waals surface area contributed by atoms with E-state index < -0.39 is 6.08 Å². The van der Waals surface area contributed by atoms with Crippen molar-refractivity contribution in [3.05, 3.63) is 11.7 Å². The molecule has 0 unspecified atom stereocenters. The Kier molecular flexibility index (Phi) is 6.45. The number of oxime groups is 1. The Morgan fingerprint density at radius 2 is 1.93 bits per heavy atom. The summed E-state index contributed by atoms with van der Waals surface area (Å²) in [6, 6.07) is 0. The molecule has 4 rings (SSSR count). The summed E-state index contributed by atoms with van der Waals surface area (Å²) in [6.45, 7) is 5.05. The zero-order valence-electron chi connectivity index (χ0n) is 17.4. The van der Waals surface area contributed by atoms with Crippen LogP contribution in [-0.4, -0.2) is 24.6 Å². The Bertz CT molecular complexity index is 724. The van der Waals surface area contributed by atoms with Gasteiger partial charge in [0, 0.05) is 18.4 Å². The Hall–Kier alpha value is -1.01. The third kappa shape index (κ3) is 3.54. The molecule has 0 aromatic rings. The van der Waals surface area contributed by atoms with Crippen LogP contribution in [0.5, 0.6) is 0 Å². The number of halogens is 3. The number of ketones is 1. The lowest BCUT2D eigenvalue weighted by Gasteiger charge is -2.59. The molecular weight excluding hydrogens is 398 g/mol. The van der Waals surface area contributed by atoms with Gasteiger partial charge in [-0.3, -0.25) is 4.79 Å². The second kappa shape index (κ2) is 8.26. The molecule has 0 aliphatic heterocycles. The van der Waals surface area contributed by atoms with E-state index in [4.69, 9.17) is 10.6 Å². The zero-order chi connectivity index (χ0) is 20.1. The summed E-state index contributed by atoms with van der Waals surface area (Å²) < 4.78 is 28.2. The molecule has 0 heterocycles. The average molecular weight is 431 g/mol. The Morgan fingerprint density at radius 1 is 1.17 bits per heavy atom. The van der Waals surface area contributed by atoms with E-state index in [0.717, 1.165) is 37.8 Å². The number of Topliss-reactive ketones (excluding diaryl/α,β-unsaturated/α-hetero) is 1. The first kappa shape index (κ1) is 22.7. The van der Waals surface area contributed by atoms with Gasteiger partial charge < -0.3 is 10.6 Å². The molecule has 7 heteroatoms. The third-order valence-electron chi connectivity index (χ3n) is 8.70. The van der Waals surface area contributed by atoms with E-state index in [1.54, 1.807) is 0 Å². The predicted octanol–water partition coefficient (Wildman–Crippen LogP) is 5.11. The summed E-state index contributed by atoms with van der Waals surface area (Å²) >= 11 is 0. The van der Waals surface area contributed by atoms with Gasteiger partial charge in [-0.1, -0.05) is 19.0 Å². The summed E-state index contributed by atoms with van der Waals surface area (Å²) in [7, 11) is 0. The van der Waals surface area contributed by atoms with Gasteiger partial charge in [0.15, 0.2) is 0 Å². The van der Waals surface area contributed by atoms with Crippen molar-refractivity contribution >= 4 is 23.9 Å². The summed E-state index contributed by atoms with van der Waals surface area (Å²) in [5.74, 6) is 1.05. The van der Waals surface area contributed by atoms with Gasteiger partial charge in [-0.05, 0) is 79.6 Å². The molecule has 4 aliphatic rings. The van der Waals surface area contributed by atoms with E-state index in [0.29, 0.717) is 49.7 Å².